The van der Waals surface area contributed by atoms with E-state index in [1.165, 1.54) is 32.1 Å². The third-order valence-electron chi connectivity index (χ3n) is 8.75. The van der Waals surface area contributed by atoms with Gasteiger partial charge < -0.3 is 24.4 Å². The number of nitrogens with zero attached hydrogens (tertiary/aromatic N) is 3. The van der Waals surface area contributed by atoms with Crippen LogP contribution < -0.4 is 19.5 Å². The maximum absolute atomic E-state index is 9.27. The molecule has 0 atom stereocenters. The van der Waals surface area contributed by atoms with Crippen LogP contribution in [0.5, 0.6) is 17.2 Å². The molecule has 5 rings (SSSR count). The van der Waals surface area contributed by atoms with Gasteiger partial charge in [-0.15, -0.1) is 6.58 Å². The highest BCUT2D eigenvalue weighted by Crippen LogP contribution is 2.36. The third kappa shape index (κ3) is 9.38. The minimum absolute atomic E-state index is 0.255. The molecule has 4 aromatic rings. The average molecular weight is 665 g/mol. The number of nitriles is 1. The molecule has 0 radical (unpaired) electrons. The first-order chi connectivity index (χ1) is 23.5. The van der Waals surface area contributed by atoms with Crippen LogP contribution in [-0.4, -0.2) is 42.7 Å². The summed E-state index contributed by atoms with van der Waals surface area (Å²) < 4.78 is 18.9. The van der Waals surface area contributed by atoms with Gasteiger partial charge in [-0.2, -0.15) is 5.26 Å². The molecule has 3 aromatic carbocycles. The van der Waals surface area contributed by atoms with Crippen molar-refractivity contribution in [2.45, 2.75) is 59.3 Å². The maximum Gasteiger partial charge on any atom is 0.142 e. The number of aromatic nitrogens is 1. The van der Waals surface area contributed by atoms with E-state index in [4.69, 9.17) is 25.8 Å². The van der Waals surface area contributed by atoms with Crippen LogP contribution in [0.3, 0.4) is 0 Å². The van der Waals surface area contributed by atoms with E-state index in [0.29, 0.717) is 41.8 Å². The molecule has 0 unspecified atom stereocenters. The Labute approximate surface area is 290 Å². The molecule has 1 aliphatic heterocycles. The van der Waals surface area contributed by atoms with Gasteiger partial charge in [0.2, 0.25) is 0 Å². The van der Waals surface area contributed by atoms with Gasteiger partial charge in [0.25, 0.3) is 0 Å². The summed E-state index contributed by atoms with van der Waals surface area (Å²) in [5, 5.41) is 13.2. The van der Waals surface area contributed by atoms with Crippen LogP contribution in [0, 0.1) is 25.2 Å². The lowest BCUT2D eigenvalue weighted by Crippen LogP contribution is -2.22. The van der Waals surface area contributed by atoms with Gasteiger partial charge in [-0.3, -0.25) is 4.98 Å². The standard InChI is InChI=1S/C40H45ClN4O3/c1-4-5-15-43-26-34-21-37(41)40(22-39(34)47-27-32-20-31(23-42)24-44-25-32)48-28-33-11-8-12-35(29(33)2)36-13-9-14-38(30(36)3)46-19-10-18-45-16-6-7-17-45/h4,8-9,11-14,20-22,24-25,43H,1,5-7,10,15-19,26-28H2,2-3H3. The Balaban J connectivity index is 1.29. The average Bonchev–Trinajstić information content (AvgIpc) is 3.63. The largest absolute Gasteiger partial charge is 0.493 e. The van der Waals surface area contributed by atoms with Gasteiger partial charge in [0, 0.05) is 42.7 Å². The Bertz CT molecular complexity index is 1730. The summed E-state index contributed by atoms with van der Waals surface area (Å²) in [6.45, 7) is 14.3. The van der Waals surface area contributed by atoms with Crippen molar-refractivity contribution < 1.29 is 14.2 Å². The van der Waals surface area contributed by atoms with Crippen LogP contribution in [0.4, 0.5) is 0 Å². The van der Waals surface area contributed by atoms with Crippen LogP contribution >= 0.6 is 11.6 Å². The van der Waals surface area contributed by atoms with E-state index in [9.17, 15) is 5.26 Å². The van der Waals surface area contributed by atoms with Crippen LogP contribution in [-0.2, 0) is 19.8 Å². The molecule has 1 aromatic heterocycles. The van der Waals surface area contributed by atoms with Crippen molar-refractivity contribution in [2.24, 2.45) is 0 Å². The summed E-state index contributed by atoms with van der Waals surface area (Å²) >= 11 is 6.77. The molecular weight excluding hydrogens is 620 g/mol. The highest BCUT2D eigenvalue weighted by Gasteiger charge is 2.16. The van der Waals surface area contributed by atoms with Gasteiger partial charge in [0.15, 0.2) is 0 Å². The monoisotopic (exact) mass is 664 g/mol. The highest BCUT2D eigenvalue weighted by atomic mass is 35.5. The van der Waals surface area contributed by atoms with E-state index < -0.39 is 0 Å². The number of ether oxygens (including phenoxy) is 3. The molecule has 7 nitrogen and oxygen atoms in total. The molecule has 1 fully saturated rings. The fourth-order valence-electron chi connectivity index (χ4n) is 6.00. The fourth-order valence-corrected chi connectivity index (χ4v) is 6.24. The van der Waals surface area contributed by atoms with Crippen LogP contribution in [0.15, 0.2) is 79.6 Å². The lowest BCUT2D eigenvalue weighted by molar-refractivity contribution is 0.262. The van der Waals surface area contributed by atoms with Crippen molar-refractivity contribution >= 4 is 11.6 Å². The van der Waals surface area contributed by atoms with E-state index >= 15 is 0 Å². The number of rotatable bonds is 17. The lowest BCUT2D eigenvalue weighted by Gasteiger charge is -2.19. The SMILES string of the molecule is C=CCCNCc1cc(Cl)c(OCc2cccc(-c3cccc(OCCCN4CCCC4)c3C)c2C)cc1OCc1cncc(C#N)c1. The molecule has 0 saturated carbocycles. The highest BCUT2D eigenvalue weighted by molar-refractivity contribution is 6.32. The quantitative estimate of drug-likeness (QED) is 0.0895. The van der Waals surface area contributed by atoms with Crippen LogP contribution in [0.1, 0.15) is 59.1 Å². The maximum atomic E-state index is 9.27. The lowest BCUT2D eigenvalue weighted by atomic mass is 9.93. The van der Waals surface area contributed by atoms with E-state index in [-0.39, 0.29) is 6.61 Å². The zero-order chi connectivity index (χ0) is 33.7. The Kier molecular flexibility index (Phi) is 12.9. The van der Waals surface area contributed by atoms with Gasteiger partial charge in [-0.1, -0.05) is 48.0 Å². The summed E-state index contributed by atoms with van der Waals surface area (Å²) in [4.78, 5) is 6.68. The molecule has 1 saturated heterocycles. The number of benzene rings is 3. The number of halogens is 1. The fraction of sp³-hybridized carbons (Fsp3) is 0.350. The summed E-state index contributed by atoms with van der Waals surface area (Å²) in [7, 11) is 0. The molecule has 1 aliphatic rings. The van der Waals surface area contributed by atoms with Crippen molar-refractivity contribution in [1.82, 2.24) is 15.2 Å². The van der Waals surface area contributed by atoms with Crippen molar-refractivity contribution in [3.63, 3.8) is 0 Å². The number of likely N-dealkylation sites (tertiary alicyclic amines) is 1. The summed E-state index contributed by atoms with van der Waals surface area (Å²) in [5.41, 5.74) is 7.86. The molecule has 48 heavy (non-hydrogen) atoms. The van der Waals surface area contributed by atoms with Crippen molar-refractivity contribution in [2.75, 3.05) is 32.8 Å². The van der Waals surface area contributed by atoms with Gasteiger partial charge in [0.05, 0.1) is 17.2 Å². The minimum atomic E-state index is 0.255. The Morgan fingerprint density at radius 3 is 2.48 bits per heavy atom. The second-order valence-corrected chi connectivity index (χ2v) is 12.6. The normalized spacial score (nSPS) is 12.9. The van der Waals surface area contributed by atoms with Crippen molar-refractivity contribution in [3.8, 4) is 34.4 Å². The van der Waals surface area contributed by atoms with Gasteiger partial charge in [-0.05, 0) is 105 Å². The Morgan fingerprint density at radius 1 is 0.917 bits per heavy atom. The molecule has 1 N–H and O–H groups in total. The molecule has 0 aliphatic carbocycles. The summed E-state index contributed by atoms with van der Waals surface area (Å²) in [5.74, 6) is 2.13. The van der Waals surface area contributed by atoms with Crippen LogP contribution in [0.25, 0.3) is 11.1 Å². The number of nitrogens with one attached hydrogen (secondary N) is 1. The smallest absolute Gasteiger partial charge is 0.142 e. The minimum Gasteiger partial charge on any atom is -0.493 e. The van der Waals surface area contributed by atoms with Gasteiger partial charge in [0.1, 0.15) is 36.5 Å². The first kappa shape index (κ1) is 35.0. The topological polar surface area (TPSA) is 79.6 Å². The number of hydrogen-bond acceptors (Lipinski definition) is 7. The predicted molar refractivity (Wildman–Crippen MR) is 193 cm³/mol. The van der Waals surface area contributed by atoms with Gasteiger partial charge in [-0.25, -0.2) is 0 Å². The number of pyridine rings is 1. The Hall–Kier alpha value is -4.35. The summed E-state index contributed by atoms with van der Waals surface area (Å²) in [6.07, 6.45) is 9.62. The molecule has 0 spiro atoms. The predicted octanol–water partition coefficient (Wildman–Crippen LogP) is 8.58. The third-order valence-corrected chi connectivity index (χ3v) is 9.05. The second kappa shape index (κ2) is 17.7. The van der Waals surface area contributed by atoms with Crippen LogP contribution in [0.2, 0.25) is 5.02 Å². The Morgan fingerprint density at radius 2 is 1.69 bits per heavy atom. The van der Waals surface area contributed by atoms with E-state index in [1.807, 2.05) is 18.2 Å². The molecular formula is C40H45ClN4O3. The molecule has 8 heteroatoms. The number of hydrogen-bond donors (Lipinski definition) is 1. The zero-order valence-electron chi connectivity index (χ0n) is 28.1. The first-order valence-electron chi connectivity index (χ1n) is 16.7. The zero-order valence-corrected chi connectivity index (χ0v) is 28.8. The molecule has 0 bridgehead atoms. The first-order valence-corrected chi connectivity index (χ1v) is 17.1. The van der Waals surface area contributed by atoms with Crippen molar-refractivity contribution in [1.29, 1.82) is 5.26 Å². The van der Waals surface area contributed by atoms with E-state index in [2.05, 4.69) is 78.1 Å². The molecule has 250 valence electrons. The van der Waals surface area contributed by atoms with Gasteiger partial charge >= 0.3 is 0 Å². The van der Waals surface area contributed by atoms with Crippen molar-refractivity contribution in [3.05, 3.63) is 118 Å². The van der Waals surface area contributed by atoms with E-state index in [0.717, 1.165) is 70.6 Å². The summed E-state index contributed by atoms with van der Waals surface area (Å²) in [6, 6.07) is 20.2. The second-order valence-electron chi connectivity index (χ2n) is 12.2. The molecule has 0 amide bonds. The molecule has 2 heterocycles. The van der Waals surface area contributed by atoms with E-state index in [1.54, 1.807) is 12.3 Å².